The number of amides is 1. The highest BCUT2D eigenvalue weighted by atomic mass is 35.5. The van der Waals surface area contributed by atoms with Crippen LogP contribution in [0.1, 0.15) is 9.67 Å². The van der Waals surface area contributed by atoms with Crippen LogP contribution in [0.4, 0.5) is 14.5 Å². The topological polar surface area (TPSA) is 46.9 Å². The summed E-state index contributed by atoms with van der Waals surface area (Å²) in [6.07, 6.45) is 0. The predicted molar refractivity (Wildman–Crippen MR) is 103 cm³/mol. The van der Waals surface area contributed by atoms with Crippen LogP contribution in [0.2, 0.25) is 5.02 Å². The van der Waals surface area contributed by atoms with E-state index in [2.05, 4.69) is 10.4 Å². The molecular weight excluding hydrogens is 392 g/mol. The number of anilines is 1. The highest BCUT2D eigenvalue weighted by molar-refractivity contribution is 7.20. The fourth-order valence-electron chi connectivity index (χ4n) is 2.75. The van der Waals surface area contributed by atoms with Crippen molar-refractivity contribution in [3.05, 3.63) is 70.1 Å². The molecule has 1 N–H and O–H groups in total. The number of nitrogens with one attached hydrogen (secondary N) is 1. The van der Waals surface area contributed by atoms with E-state index in [0.29, 0.717) is 9.90 Å². The van der Waals surface area contributed by atoms with E-state index in [1.807, 2.05) is 12.1 Å². The number of aromatic nitrogens is 2. The molecule has 2 heterocycles. The molecule has 4 rings (SSSR count). The average molecular weight is 404 g/mol. The minimum absolute atomic E-state index is 0.0742. The second kappa shape index (κ2) is 6.75. The largest absolute Gasteiger partial charge is 0.319 e. The first-order valence-electron chi connectivity index (χ1n) is 7.91. The van der Waals surface area contributed by atoms with E-state index >= 15 is 0 Å². The van der Waals surface area contributed by atoms with Crippen LogP contribution in [0.3, 0.4) is 0 Å². The van der Waals surface area contributed by atoms with Crippen molar-refractivity contribution >= 4 is 44.7 Å². The van der Waals surface area contributed by atoms with Crippen LogP contribution in [-0.4, -0.2) is 15.7 Å². The van der Waals surface area contributed by atoms with E-state index in [1.165, 1.54) is 17.4 Å². The minimum Gasteiger partial charge on any atom is -0.319 e. The van der Waals surface area contributed by atoms with Crippen molar-refractivity contribution in [3.8, 4) is 11.3 Å². The Hall–Kier alpha value is -2.77. The van der Waals surface area contributed by atoms with E-state index in [-0.39, 0.29) is 5.69 Å². The number of aryl methyl sites for hydroxylation is 1. The summed E-state index contributed by atoms with van der Waals surface area (Å²) < 4.78 is 28.5. The van der Waals surface area contributed by atoms with Gasteiger partial charge in [0.05, 0.1) is 10.6 Å². The summed E-state index contributed by atoms with van der Waals surface area (Å²) in [5.41, 5.74) is 1.53. The molecule has 0 unspecified atom stereocenters. The molecule has 27 heavy (non-hydrogen) atoms. The van der Waals surface area contributed by atoms with Crippen molar-refractivity contribution in [2.24, 2.45) is 7.05 Å². The van der Waals surface area contributed by atoms with Crippen LogP contribution in [0.25, 0.3) is 21.5 Å². The molecule has 0 aliphatic heterocycles. The van der Waals surface area contributed by atoms with Crippen LogP contribution >= 0.6 is 22.9 Å². The third-order valence-corrected chi connectivity index (χ3v) is 5.48. The van der Waals surface area contributed by atoms with Gasteiger partial charge in [0.1, 0.15) is 22.2 Å². The third-order valence-electron chi connectivity index (χ3n) is 4.03. The lowest BCUT2D eigenvalue weighted by atomic mass is 10.1. The average Bonchev–Trinajstić information content (AvgIpc) is 3.19. The molecule has 0 saturated carbocycles. The zero-order valence-corrected chi connectivity index (χ0v) is 15.5. The quantitative estimate of drug-likeness (QED) is 0.492. The second-order valence-corrected chi connectivity index (χ2v) is 7.35. The Balaban J connectivity index is 1.70. The van der Waals surface area contributed by atoms with E-state index in [0.717, 1.165) is 33.6 Å². The molecule has 4 nitrogen and oxygen atoms in total. The Morgan fingerprint density at radius 3 is 2.59 bits per heavy atom. The first-order valence-corrected chi connectivity index (χ1v) is 9.10. The maximum atomic E-state index is 13.8. The van der Waals surface area contributed by atoms with Gasteiger partial charge in [-0.2, -0.15) is 5.10 Å². The van der Waals surface area contributed by atoms with Crippen LogP contribution in [-0.2, 0) is 7.05 Å². The van der Waals surface area contributed by atoms with Crippen LogP contribution in [0.5, 0.6) is 0 Å². The fraction of sp³-hybridized carbons (Fsp3) is 0.0526. The van der Waals surface area contributed by atoms with Crippen molar-refractivity contribution in [2.45, 2.75) is 0 Å². The molecule has 0 aliphatic carbocycles. The van der Waals surface area contributed by atoms with Gasteiger partial charge < -0.3 is 5.32 Å². The van der Waals surface area contributed by atoms with Crippen molar-refractivity contribution in [3.63, 3.8) is 0 Å². The number of fused-ring (bicyclic) bond motifs is 1. The number of hydrogen-bond donors (Lipinski definition) is 1. The zero-order chi connectivity index (χ0) is 19.1. The van der Waals surface area contributed by atoms with Crippen molar-refractivity contribution in [1.82, 2.24) is 9.78 Å². The molecule has 0 spiro atoms. The lowest BCUT2D eigenvalue weighted by Crippen LogP contribution is -2.11. The lowest BCUT2D eigenvalue weighted by Gasteiger charge is -2.04. The van der Waals surface area contributed by atoms with Crippen molar-refractivity contribution in [1.29, 1.82) is 0 Å². The summed E-state index contributed by atoms with van der Waals surface area (Å²) in [5, 5.41) is 8.42. The van der Waals surface area contributed by atoms with Crippen LogP contribution in [0.15, 0.2) is 48.5 Å². The smallest absolute Gasteiger partial charge is 0.265 e. The van der Waals surface area contributed by atoms with Crippen molar-refractivity contribution in [2.75, 3.05) is 5.32 Å². The fourth-order valence-corrected chi connectivity index (χ4v) is 3.84. The molecule has 0 atom stereocenters. The Morgan fingerprint density at radius 2 is 1.89 bits per heavy atom. The first-order chi connectivity index (χ1) is 12.9. The standard InChI is InChI=1S/C19H12ClF2N3OS/c1-25-19-13(17(24-25)10-2-4-11(20)5-3-10)9-16(27-19)18(26)23-15-7-6-12(21)8-14(15)22/h2-9H,1H3,(H,23,26). The van der Waals surface area contributed by atoms with Gasteiger partial charge >= 0.3 is 0 Å². The highest BCUT2D eigenvalue weighted by Gasteiger charge is 2.19. The van der Waals surface area contributed by atoms with Gasteiger partial charge in [0.15, 0.2) is 0 Å². The lowest BCUT2D eigenvalue weighted by molar-refractivity contribution is 0.103. The van der Waals surface area contributed by atoms with E-state index < -0.39 is 17.5 Å². The maximum absolute atomic E-state index is 13.8. The molecule has 136 valence electrons. The predicted octanol–water partition coefficient (Wildman–Crippen LogP) is 5.49. The number of thiophene rings is 1. The molecule has 4 aromatic rings. The summed E-state index contributed by atoms with van der Waals surface area (Å²) in [5.74, 6) is -2.00. The summed E-state index contributed by atoms with van der Waals surface area (Å²) >= 11 is 7.18. The number of nitrogens with zero attached hydrogens (tertiary/aromatic N) is 2. The monoisotopic (exact) mass is 403 g/mol. The summed E-state index contributed by atoms with van der Waals surface area (Å²) in [6.45, 7) is 0. The van der Waals surface area contributed by atoms with Gasteiger partial charge in [0.25, 0.3) is 5.91 Å². The van der Waals surface area contributed by atoms with Gasteiger partial charge in [-0.15, -0.1) is 11.3 Å². The SMILES string of the molecule is Cn1nc(-c2ccc(Cl)cc2)c2cc(C(=O)Nc3ccc(F)cc3F)sc21. The molecule has 2 aromatic heterocycles. The molecule has 1 amide bonds. The Kier molecular flexibility index (Phi) is 4.41. The summed E-state index contributed by atoms with van der Waals surface area (Å²) in [7, 11) is 1.79. The minimum atomic E-state index is -0.826. The molecule has 0 saturated heterocycles. The van der Waals surface area contributed by atoms with Gasteiger partial charge in [-0.3, -0.25) is 9.48 Å². The highest BCUT2D eigenvalue weighted by Crippen LogP contribution is 2.34. The summed E-state index contributed by atoms with van der Waals surface area (Å²) in [6, 6.07) is 12.0. The number of carbonyl (C=O) groups excluding carboxylic acids is 1. The summed E-state index contributed by atoms with van der Waals surface area (Å²) in [4.78, 5) is 13.7. The zero-order valence-electron chi connectivity index (χ0n) is 14.0. The Bertz CT molecular complexity index is 1170. The third kappa shape index (κ3) is 3.31. The van der Waals surface area contributed by atoms with Crippen molar-refractivity contribution < 1.29 is 13.6 Å². The van der Waals surface area contributed by atoms with Gasteiger partial charge in [-0.05, 0) is 30.3 Å². The van der Waals surface area contributed by atoms with E-state index in [4.69, 9.17) is 11.6 Å². The van der Waals surface area contributed by atoms with E-state index in [1.54, 1.807) is 29.9 Å². The molecule has 0 fully saturated rings. The van der Waals surface area contributed by atoms with Gasteiger partial charge in [-0.25, -0.2) is 8.78 Å². The number of rotatable bonds is 3. The van der Waals surface area contributed by atoms with Crippen LogP contribution in [0, 0.1) is 11.6 Å². The molecule has 2 aromatic carbocycles. The molecule has 0 radical (unpaired) electrons. The Morgan fingerprint density at radius 1 is 1.15 bits per heavy atom. The van der Waals surface area contributed by atoms with Gasteiger partial charge in [0, 0.05) is 29.1 Å². The number of hydrogen-bond acceptors (Lipinski definition) is 3. The second-order valence-electron chi connectivity index (χ2n) is 5.89. The van der Waals surface area contributed by atoms with Gasteiger partial charge in [-0.1, -0.05) is 23.7 Å². The molecule has 0 aliphatic rings. The molecule has 0 bridgehead atoms. The number of carbonyl (C=O) groups is 1. The molecular formula is C19H12ClF2N3OS. The van der Waals surface area contributed by atoms with Gasteiger partial charge in [0.2, 0.25) is 0 Å². The van der Waals surface area contributed by atoms with Crippen LogP contribution < -0.4 is 5.32 Å². The number of halogens is 3. The molecule has 8 heteroatoms. The van der Waals surface area contributed by atoms with E-state index in [9.17, 15) is 13.6 Å². The number of benzene rings is 2. The first kappa shape index (κ1) is 17.6. The maximum Gasteiger partial charge on any atom is 0.265 e. The normalized spacial score (nSPS) is 11.1. The Labute approximate surface area is 162 Å².